The molecule has 1 aromatic heterocycles. The first-order valence-corrected chi connectivity index (χ1v) is 9.04. The van der Waals surface area contributed by atoms with Crippen molar-refractivity contribution in [2.45, 2.75) is 19.4 Å². The van der Waals surface area contributed by atoms with E-state index in [0.29, 0.717) is 17.8 Å². The van der Waals surface area contributed by atoms with Crippen LogP contribution in [0, 0.1) is 5.82 Å². The van der Waals surface area contributed by atoms with Crippen LogP contribution in [0.2, 0.25) is 0 Å². The maximum absolute atomic E-state index is 14.5. The van der Waals surface area contributed by atoms with Crippen molar-refractivity contribution in [1.29, 1.82) is 0 Å². The maximum Gasteiger partial charge on any atom is 0.414 e. The van der Waals surface area contributed by atoms with E-state index in [1.807, 2.05) is 12.1 Å². The molecule has 4 N–H and O–H groups in total. The van der Waals surface area contributed by atoms with E-state index in [1.54, 1.807) is 18.5 Å². The second-order valence-electron chi connectivity index (χ2n) is 6.62. The van der Waals surface area contributed by atoms with Gasteiger partial charge >= 0.3 is 6.09 Å². The van der Waals surface area contributed by atoms with Crippen LogP contribution >= 0.6 is 0 Å². The molecule has 2 aromatic rings. The number of amides is 2. The van der Waals surface area contributed by atoms with E-state index >= 15 is 0 Å². The molecule has 1 fully saturated rings. The summed E-state index contributed by atoms with van der Waals surface area (Å²) in [5.74, 6) is -0.747. The van der Waals surface area contributed by atoms with Crippen LogP contribution in [0.4, 0.5) is 20.6 Å². The van der Waals surface area contributed by atoms with Gasteiger partial charge in [0.15, 0.2) is 0 Å². The molecule has 1 unspecified atom stereocenters. The third-order valence-corrected chi connectivity index (χ3v) is 4.26. The Morgan fingerprint density at radius 2 is 2.28 bits per heavy atom. The summed E-state index contributed by atoms with van der Waals surface area (Å²) >= 11 is 0. The van der Waals surface area contributed by atoms with Gasteiger partial charge in [-0.05, 0) is 29.8 Å². The average molecular weight is 399 g/mol. The number of hydrogen-bond donors (Lipinski definition) is 3. The van der Waals surface area contributed by atoms with Crippen LogP contribution < -0.4 is 21.3 Å². The molecule has 1 aliphatic rings. The van der Waals surface area contributed by atoms with Gasteiger partial charge < -0.3 is 21.1 Å². The minimum atomic E-state index is -0.582. The van der Waals surface area contributed by atoms with Crippen molar-refractivity contribution in [3.05, 3.63) is 66.0 Å². The standard InChI is InChI=1S/C20H22FN5O3/c1-13(27)24-11-17-12-26(20(28)29-17)16-4-5-19(18(21)8-16)25-10-15(22)7-14-3-2-6-23-9-14/h2-6,8-10,17,25H,7,11-12,22H2,1H3,(H,24,27)/b15-10-. The van der Waals surface area contributed by atoms with Gasteiger partial charge in [0.25, 0.3) is 0 Å². The largest absolute Gasteiger partial charge is 0.442 e. The Morgan fingerprint density at radius 1 is 1.45 bits per heavy atom. The third-order valence-electron chi connectivity index (χ3n) is 4.26. The van der Waals surface area contributed by atoms with Crippen LogP contribution in [0.15, 0.2) is 54.6 Å². The van der Waals surface area contributed by atoms with Crippen molar-refractivity contribution in [3.8, 4) is 0 Å². The summed E-state index contributed by atoms with van der Waals surface area (Å²) in [6, 6.07) is 8.09. The number of carbonyl (C=O) groups excluding carboxylic acids is 2. The molecule has 9 heteroatoms. The van der Waals surface area contributed by atoms with E-state index in [2.05, 4.69) is 15.6 Å². The Morgan fingerprint density at radius 3 is 2.97 bits per heavy atom. The first kappa shape index (κ1) is 20.1. The van der Waals surface area contributed by atoms with Crippen molar-refractivity contribution in [3.63, 3.8) is 0 Å². The van der Waals surface area contributed by atoms with Crippen molar-refractivity contribution < 1.29 is 18.7 Å². The van der Waals surface area contributed by atoms with Crippen molar-refractivity contribution in [2.75, 3.05) is 23.3 Å². The van der Waals surface area contributed by atoms with Gasteiger partial charge in [-0.1, -0.05) is 6.07 Å². The monoisotopic (exact) mass is 399 g/mol. The third kappa shape index (κ3) is 5.44. The van der Waals surface area contributed by atoms with E-state index < -0.39 is 18.0 Å². The first-order chi connectivity index (χ1) is 13.9. The highest BCUT2D eigenvalue weighted by atomic mass is 19.1. The number of anilines is 2. The number of allylic oxidation sites excluding steroid dienone is 1. The summed E-state index contributed by atoms with van der Waals surface area (Å²) in [6.45, 7) is 1.82. The van der Waals surface area contributed by atoms with Gasteiger partial charge in [-0.25, -0.2) is 9.18 Å². The van der Waals surface area contributed by atoms with E-state index in [0.717, 1.165) is 5.56 Å². The van der Waals surface area contributed by atoms with E-state index in [-0.39, 0.29) is 24.7 Å². The van der Waals surface area contributed by atoms with Crippen LogP contribution in [0.1, 0.15) is 12.5 Å². The van der Waals surface area contributed by atoms with Crippen LogP contribution in [0.5, 0.6) is 0 Å². The second kappa shape index (κ2) is 9.05. The molecule has 1 saturated heterocycles. The van der Waals surface area contributed by atoms with Crippen molar-refractivity contribution in [2.24, 2.45) is 5.73 Å². The Labute approximate surface area is 167 Å². The van der Waals surface area contributed by atoms with E-state index in [1.165, 1.54) is 30.2 Å². The van der Waals surface area contributed by atoms with E-state index in [9.17, 15) is 14.0 Å². The molecule has 0 radical (unpaired) electrons. The molecule has 8 nitrogen and oxygen atoms in total. The highest BCUT2D eigenvalue weighted by molar-refractivity contribution is 5.90. The van der Waals surface area contributed by atoms with Crippen LogP contribution in [-0.2, 0) is 16.0 Å². The number of nitrogens with two attached hydrogens (primary N) is 1. The van der Waals surface area contributed by atoms with Gasteiger partial charge in [0.1, 0.15) is 11.9 Å². The fourth-order valence-electron chi connectivity index (χ4n) is 2.85. The predicted molar refractivity (Wildman–Crippen MR) is 107 cm³/mol. The maximum atomic E-state index is 14.5. The number of pyridine rings is 1. The lowest BCUT2D eigenvalue weighted by molar-refractivity contribution is -0.119. The van der Waals surface area contributed by atoms with Gasteiger partial charge in [0, 0.05) is 37.6 Å². The summed E-state index contributed by atoms with van der Waals surface area (Å²) in [7, 11) is 0. The fraction of sp³-hybridized carbons (Fsp3) is 0.250. The minimum Gasteiger partial charge on any atom is -0.442 e. The van der Waals surface area contributed by atoms with Gasteiger partial charge in [0.05, 0.1) is 24.5 Å². The smallest absolute Gasteiger partial charge is 0.414 e. The number of aromatic nitrogens is 1. The van der Waals surface area contributed by atoms with Gasteiger partial charge in [-0.3, -0.25) is 14.7 Å². The Hall–Kier alpha value is -3.62. The molecular formula is C20H22FN5O3. The molecule has 1 atom stereocenters. The SMILES string of the molecule is CC(=O)NCC1CN(c2ccc(N/C=C(\N)Cc3cccnc3)c(F)c2)C(=O)O1. The highest BCUT2D eigenvalue weighted by Crippen LogP contribution is 2.26. The molecule has 29 heavy (non-hydrogen) atoms. The molecule has 0 spiro atoms. The molecule has 3 rings (SSSR count). The molecule has 0 aliphatic carbocycles. The lowest BCUT2D eigenvalue weighted by Crippen LogP contribution is -2.33. The quantitative estimate of drug-likeness (QED) is 0.658. The number of nitrogens with one attached hydrogen (secondary N) is 2. The summed E-state index contributed by atoms with van der Waals surface area (Å²) < 4.78 is 19.7. The molecule has 2 heterocycles. The number of cyclic esters (lactones) is 1. The molecule has 0 saturated carbocycles. The molecule has 152 valence electrons. The number of carbonyl (C=O) groups is 2. The predicted octanol–water partition coefficient (Wildman–Crippen LogP) is 2.14. The number of benzene rings is 1. The van der Waals surface area contributed by atoms with Crippen LogP contribution in [0.3, 0.4) is 0 Å². The van der Waals surface area contributed by atoms with Gasteiger partial charge in [-0.15, -0.1) is 0 Å². The molecule has 1 aliphatic heterocycles. The molecule has 1 aromatic carbocycles. The number of halogens is 1. The minimum absolute atomic E-state index is 0.209. The molecule has 0 bridgehead atoms. The Kier molecular flexibility index (Phi) is 6.28. The zero-order valence-corrected chi connectivity index (χ0v) is 15.9. The second-order valence-corrected chi connectivity index (χ2v) is 6.62. The van der Waals surface area contributed by atoms with Crippen molar-refractivity contribution in [1.82, 2.24) is 10.3 Å². The zero-order valence-electron chi connectivity index (χ0n) is 15.9. The summed E-state index contributed by atoms with van der Waals surface area (Å²) in [5.41, 5.74) is 8.03. The zero-order chi connectivity index (χ0) is 20.8. The molecule has 2 amide bonds. The Bertz CT molecular complexity index is 920. The van der Waals surface area contributed by atoms with Gasteiger partial charge in [0.2, 0.25) is 5.91 Å². The summed E-state index contributed by atoms with van der Waals surface area (Å²) in [6.07, 6.45) is 4.33. The summed E-state index contributed by atoms with van der Waals surface area (Å²) in [4.78, 5) is 28.4. The number of nitrogens with zero attached hydrogens (tertiary/aromatic N) is 2. The topological polar surface area (TPSA) is 110 Å². The lowest BCUT2D eigenvalue weighted by atomic mass is 10.2. The first-order valence-electron chi connectivity index (χ1n) is 9.04. The van der Waals surface area contributed by atoms with Crippen molar-refractivity contribution >= 4 is 23.4 Å². The van der Waals surface area contributed by atoms with Gasteiger partial charge in [-0.2, -0.15) is 0 Å². The number of ether oxygens (including phenoxy) is 1. The average Bonchev–Trinajstić information content (AvgIpc) is 3.07. The number of hydrogen-bond acceptors (Lipinski definition) is 6. The van der Waals surface area contributed by atoms with Crippen LogP contribution in [0.25, 0.3) is 0 Å². The summed E-state index contributed by atoms with van der Waals surface area (Å²) in [5, 5.41) is 5.43. The molecular weight excluding hydrogens is 377 g/mol. The van der Waals surface area contributed by atoms with E-state index in [4.69, 9.17) is 10.5 Å². The normalized spacial score (nSPS) is 16.5. The fourth-order valence-corrected chi connectivity index (χ4v) is 2.85. The Balaban J connectivity index is 1.62. The number of rotatable bonds is 7. The highest BCUT2D eigenvalue weighted by Gasteiger charge is 2.32. The van der Waals surface area contributed by atoms with Crippen LogP contribution in [-0.4, -0.2) is 36.2 Å². The lowest BCUT2D eigenvalue weighted by Gasteiger charge is -2.14.